The summed E-state index contributed by atoms with van der Waals surface area (Å²) in [4.78, 5) is 12.0. The Labute approximate surface area is 136 Å². The van der Waals surface area contributed by atoms with Crippen LogP contribution >= 0.6 is 0 Å². The van der Waals surface area contributed by atoms with Gasteiger partial charge in [0.05, 0.1) is 19.6 Å². The fraction of sp³-hybridized carbons (Fsp3) is 0.316. The van der Waals surface area contributed by atoms with Crippen LogP contribution in [0, 0.1) is 0 Å². The van der Waals surface area contributed by atoms with E-state index in [1.54, 1.807) is 0 Å². The van der Waals surface area contributed by atoms with E-state index in [4.69, 9.17) is 14.2 Å². The zero-order valence-corrected chi connectivity index (χ0v) is 13.4. The van der Waals surface area contributed by atoms with Crippen LogP contribution in [0.25, 0.3) is 0 Å². The van der Waals surface area contributed by atoms with E-state index >= 15 is 0 Å². The molecule has 0 bridgehead atoms. The van der Waals surface area contributed by atoms with Crippen LogP contribution in [0.5, 0.6) is 11.5 Å². The SMILES string of the molecule is CCOc1cc2c(cc1OCC)C(c1ccccc1)OC(=O)C2. The van der Waals surface area contributed by atoms with Crippen molar-refractivity contribution in [2.75, 3.05) is 13.2 Å². The van der Waals surface area contributed by atoms with Gasteiger partial charge in [-0.05, 0) is 37.1 Å². The Hall–Kier alpha value is -2.49. The molecule has 0 aliphatic carbocycles. The van der Waals surface area contributed by atoms with Crippen molar-refractivity contribution in [3.05, 3.63) is 59.2 Å². The average Bonchev–Trinajstić information content (AvgIpc) is 2.56. The van der Waals surface area contributed by atoms with Crippen molar-refractivity contribution in [1.29, 1.82) is 0 Å². The van der Waals surface area contributed by atoms with Gasteiger partial charge in [-0.3, -0.25) is 4.79 Å². The number of carbonyl (C=O) groups is 1. The Bertz CT molecular complexity index is 694. The molecule has 1 heterocycles. The molecule has 1 aliphatic rings. The zero-order valence-electron chi connectivity index (χ0n) is 13.4. The van der Waals surface area contributed by atoms with Crippen LogP contribution in [0.3, 0.4) is 0 Å². The summed E-state index contributed by atoms with van der Waals surface area (Å²) in [5.41, 5.74) is 2.85. The highest BCUT2D eigenvalue weighted by Gasteiger charge is 2.29. The molecular weight excluding hydrogens is 292 g/mol. The van der Waals surface area contributed by atoms with E-state index in [0.717, 1.165) is 16.7 Å². The molecule has 0 aromatic heterocycles. The van der Waals surface area contributed by atoms with E-state index in [9.17, 15) is 4.79 Å². The smallest absolute Gasteiger partial charge is 0.311 e. The number of benzene rings is 2. The van der Waals surface area contributed by atoms with Gasteiger partial charge in [0.2, 0.25) is 0 Å². The summed E-state index contributed by atoms with van der Waals surface area (Å²) in [6, 6.07) is 13.6. The van der Waals surface area contributed by atoms with Crippen molar-refractivity contribution in [2.24, 2.45) is 0 Å². The first-order valence-corrected chi connectivity index (χ1v) is 7.89. The second-order valence-electron chi connectivity index (χ2n) is 5.32. The molecule has 0 saturated heterocycles. The predicted molar refractivity (Wildman–Crippen MR) is 86.9 cm³/mol. The molecule has 0 amide bonds. The Morgan fingerprint density at radius 3 is 2.35 bits per heavy atom. The van der Waals surface area contributed by atoms with Crippen LogP contribution < -0.4 is 9.47 Å². The van der Waals surface area contributed by atoms with Crippen LogP contribution in [-0.4, -0.2) is 19.2 Å². The first kappa shape index (κ1) is 15.4. The molecule has 120 valence electrons. The minimum atomic E-state index is -0.401. The fourth-order valence-electron chi connectivity index (χ4n) is 2.82. The number of carbonyl (C=O) groups excluding carboxylic acids is 1. The molecular formula is C19H20O4. The minimum Gasteiger partial charge on any atom is -0.490 e. The third-order valence-corrected chi connectivity index (χ3v) is 3.77. The molecule has 23 heavy (non-hydrogen) atoms. The summed E-state index contributed by atoms with van der Waals surface area (Å²) >= 11 is 0. The van der Waals surface area contributed by atoms with E-state index in [2.05, 4.69) is 0 Å². The molecule has 2 aromatic rings. The highest BCUT2D eigenvalue weighted by molar-refractivity contribution is 5.77. The Morgan fingerprint density at radius 2 is 1.70 bits per heavy atom. The number of hydrogen-bond donors (Lipinski definition) is 0. The molecule has 0 fully saturated rings. The van der Waals surface area contributed by atoms with Crippen LogP contribution in [-0.2, 0) is 16.0 Å². The molecule has 3 rings (SSSR count). The molecule has 1 aliphatic heterocycles. The van der Waals surface area contributed by atoms with Gasteiger partial charge in [0.15, 0.2) is 17.6 Å². The van der Waals surface area contributed by atoms with Crippen LogP contribution in [0.1, 0.15) is 36.6 Å². The molecule has 1 unspecified atom stereocenters. The van der Waals surface area contributed by atoms with Gasteiger partial charge in [-0.1, -0.05) is 30.3 Å². The standard InChI is InChI=1S/C19H20O4/c1-3-21-16-10-14-11-18(20)23-19(13-8-6-5-7-9-13)15(14)12-17(16)22-4-2/h5-10,12,19H,3-4,11H2,1-2H3. The van der Waals surface area contributed by atoms with Gasteiger partial charge in [-0.2, -0.15) is 0 Å². The summed E-state index contributed by atoms with van der Waals surface area (Å²) < 4.78 is 17.0. The van der Waals surface area contributed by atoms with Crippen molar-refractivity contribution < 1.29 is 19.0 Å². The number of ether oxygens (including phenoxy) is 3. The first-order chi connectivity index (χ1) is 11.2. The van der Waals surface area contributed by atoms with Crippen molar-refractivity contribution in [3.8, 4) is 11.5 Å². The van der Waals surface area contributed by atoms with Crippen molar-refractivity contribution in [2.45, 2.75) is 26.4 Å². The van der Waals surface area contributed by atoms with Gasteiger partial charge in [-0.25, -0.2) is 0 Å². The highest BCUT2D eigenvalue weighted by atomic mass is 16.5. The van der Waals surface area contributed by atoms with Crippen LogP contribution in [0.15, 0.2) is 42.5 Å². The lowest BCUT2D eigenvalue weighted by Crippen LogP contribution is -2.22. The Morgan fingerprint density at radius 1 is 1.04 bits per heavy atom. The molecule has 2 aromatic carbocycles. The van der Waals surface area contributed by atoms with E-state index in [-0.39, 0.29) is 12.4 Å². The maximum atomic E-state index is 12.0. The summed E-state index contributed by atoms with van der Waals surface area (Å²) in [5, 5.41) is 0. The third kappa shape index (κ3) is 3.16. The summed E-state index contributed by atoms with van der Waals surface area (Å²) in [6.45, 7) is 4.96. The van der Waals surface area contributed by atoms with Gasteiger partial charge in [0, 0.05) is 5.56 Å². The molecule has 4 heteroatoms. The largest absolute Gasteiger partial charge is 0.490 e. The fourth-order valence-corrected chi connectivity index (χ4v) is 2.82. The minimum absolute atomic E-state index is 0.224. The van der Waals surface area contributed by atoms with Crippen molar-refractivity contribution >= 4 is 5.97 Å². The molecule has 4 nitrogen and oxygen atoms in total. The quantitative estimate of drug-likeness (QED) is 0.790. The van der Waals surface area contributed by atoms with E-state index < -0.39 is 6.10 Å². The van der Waals surface area contributed by atoms with E-state index in [0.29, 0.717) is 24.7 Å². The summed E-state index contributed by atoms with van der Waals surface area (Å²) in [6.07, 6.45) is -0.146. The van der Waals surface area contributed by atoms with Gasteiger partial charge in [0.25, 0.3) is 0 Å². The summed E-state index contributed by atoms with van der Waals surface area (Å²) in [7, 11) is 0. The van der Waals surface area contributed by atoms with Gasteiger partial charge >= 0.3 is 5.97 Å². The Balaban J connectivity index is 2.09. The van der Waals surface area contributed by atoms with Gasteiger partial charge in [-0.15, -0.1) is 0 Å². The lowest BCUT2D eigenvalue weighted by atomic mass is 9.92. The third-order valence-electron chi connectivity index (χ3n) is 3.77. The summed E-state index contributed by atoms with van der Waals surface area (Å²) in [5.74, 6) is 1.14. The topological polar surface area (TPSA) is 44.8 Å². The number of esters is 1. The molecule has 0 saturated carbocycles. The lowest BCUT2D eigenvalue weighted by Gasteiger charge is -2.27. The second kappa shape index (κ2) is 6.73. The number of cyclic esters (lactones) is 1. The lowest BCUT2D eigenvalue weighted by molar-refractivity contribution is -0.148. The Kier molecular flexibility index (Phi) is 4.51. The van der Waals surface area contributed by atoms with Gasteiger partial charge < -0.3 is 14.2 Å². The van der Waals surface area contributed by atoms with Crippen molar-refractivity contribution in [1.82, 2.24) is 0 Å². The molecule has 1 atom stereocenters. The molecule has 0 radical (unpaired) electrons. The number of rotatable bonds is 5. The van der Waals surface area contributed by atoms with Crippen LogP contribution in [0.4, 0.5) is 0 Å². The highest BCUT2D eigenvalue weighted by Crippen LogP contribution is 2.40. The number of fused-ring (bicyclic) bond motifs is 1. The predicted octanol–water partition coefficient (Wildman–Crippen LogP) is 3.67. The molecule has 0 spiro atoms. The zero-order chi connectivity index (χ0) is 16.2. The van der Waals surface area contributed by atoms with Crippen LogP contribution in [0.2, 0.25) is 0 Å². The second-order valence-corrected chi connectivity index (χ2v) is 5.32. The normalized spacial score (nSPS) is 16.4. The van der Waals surface area contributed by atoms with E-state index in [1.165, 1.54) is 0 Å². The van der Waals surface area contributed by atoms with Crippen molar-refractivity contribution in [3.63, 3.8) is 0 Å². The number of hydrogen-bond acceptors (Lipinski definition) is 4. The maximum absolute atomic E-state index is 12.0. The van der Waals surface area contributed by atoms with E-state index in [1.807, 2.05) is 56.3 Å². The first-order valence-electron chi connectivity index (χ1n) is 7.89. The average molecular weight is 312 g/mol. The molecule has 0 N–H and O–H groups in total. The van der Waals surface area contributed by atoms with Gasteiger partial charge in [0.1, 0.15) is 0 Å². The maximum Gasteiger partial charge on any atom is 0.311 e. The monoisotopic (exact) mass is 312 g/mol.